The maximum atomic E-state index is 12.9. The standard InChI is InChI=1S/C24H25ClN2O2S/c1-3-4-13-21(15-20-12-8-9-14-22(20)25)27(18(2)28)26-16-23(24(26)29)30-17-19-10-6-5-7-11-19/h1,5-12,14,21,23H,4,13,15-17H2,2H3. The highest BCUT2D eigenvalue weighted by Crippen LogP contribution is 2.31. The van der Waals surface area contributed by atoms with E-state index in [9.17, 15) is 9.59 Å². The molecule has 0 N–H and O–H groups in total. The van der Waals surface area contributed by atoms with Gasteiger partial charge in [0.25, 0.3) is 5.91 Å². The minimum Gasteiger partial charge on any atom is -0.273 e. The van der Waals surface area contributed by atoms with Crippen molar-refractivity contribution in [2.75, 3.05) is 6.54 Å². The molecule has 0 radical (unpaired) electrons. The van der Waals surface area contributed by atoms with Crippen LogP contribution >= 0.6 is 23.4 Å². The molecule has 2 amide bonds. The van der Waals surface area contributed by atoms with Gasteiger partial charge in [-0.05, 0) is 30.0 Å². The van der Waals surface area contributed by atoms with E-state index in [1.807, 2.05) is 42.5 Å². The van der Waals surface area contributed by atoms with Gasteiger partial charge in [0, 0.05) is 24.1 Å². The highest BCUT2D eigenvalue weighted by Gasteiger charge is 2.43. The van der Waals surface area contributed by atoms with Crippen molar-refractivity contribution in [2.24, 2.45) is 0 Å². The van der Waals surface area contributed by atoms with Gasteiger partial charge in [0.15, 0.2) is 0 Å². The summed E-state index contributed by atoms with van der Waals surface area (Å²) in [6.45, 7) is 2.01. The van der Waals surface area contributed by atoms with E-state index in [1.54, 1.807) is 21.8 Å². The SMILES string of the molecule is C#CCCC(Cc1ccccc1Cl)N(C(C)=O)N1CC(SCc2ccccc2)C1=O. The number of hydrazine groups is 1. The molecule has 4 nitrogen and oxygen atoms in total. The first-order chi connectivity index (χ1) is 14.5. The van der Waals surface area contributed by atoms with E-state index in [0.717, 1.165) is 11.3 Å². The molecule has 3 rings (SSSR count). The first-order valence-corrected chi connectivity index (χ1v) is 11.4. The van der Waals surface area contributed by atoms with E-state index in [1.165, 1.54) is 12.5 Å². The van der Waals surface area contributed by atoms with Gasteiger partial charge in [0.1, 0.15) is 5.25 Å². The Morgan fingerprint density at radius 1 is 1.27 bits per heavy atom. The van der Waals surface area contributed by atoms with E-state index in [-0.39, 0.29) is 23.1 Å². The fraction of sp³-hybridized carbons (Fsp3) is 0.333. The van der Waals surface area contributed by atoms with Crippen LogP contribution in [0.5, 0.6) is 0 Å². The van der Waals surface area contributed by atoms with Crippen LogP contribution in [-0.4, -0.2) is 39.7 Å². The second-order valence-electron chi connectivity index (χ2n) is 7.26. The fourth-order valence-electron chi connectivity index (χ4n) is 3.57. The van der Waals surface area contributed by atoms with E-state index >= 15 is 0 Å². The molecule has 30 heavy (non-hydrogen) atoms. The zero-order valence-corrected chi connectivity index (χ0v) is 18.5. The van der Waals surface area contributed by atoms with Crippen molar-refractivity contribution in [3.05, 3.63) is 70.7 Å². The van der Waals surface area contributed by atoms with Crippen LogP contribution in [0.2, 0.25) is 5.02 Å². The first kappa shape index (κ1) is 22.3. The number of halogens is 1. The van der Waals surface area contributed by atoms with Crippen molar-refractivity contribution in [1.29, 1.82) is 0 Å². The molecule has 156 valence electrons. The predicted molar refractivity (Wildman–Crippen MR) is 123 cm³/mol. The fourth-order valence-corrected chi connectivity index (χ4v) is 4.88. The Kier molecular flexibility index (Phi) is 7.84. The largest absolute Gasteiger partial charge is 0.273 e. The molecule has 2 aromatic carbocycles. The molecular formula is C24H25ClN2O2S. The Labute approximate surface area is 187 Å². The number of β-lactam (4-membered cyclic amide) rings is 1. The number of amides is 2. The highest BCUT2D eigenvalue weighted by atomic mass is 35.5. The molecule has 1 aliphatic rings. The number of nitrogens with zero attached hydrogens (tertiary/aromatic N) is 2. The summed E-state index contributed by atoms with van der Waals surface area (Å²) in [5, 5.41) is 3.67. The van der Waals surface area contributed by atoms with Crippen LogP contribution in [0, 0.1) is 12.3 Å². The van der Waals surface area contributed by atoms with Gasteiger partial charge in [-0.25, -0.2) is 10.0 Å². The maximum absolute atomic E-state index is 12.9. The average Bonchev–Trinajstić information content (AvgIpc) is 2.75. The topological polar surface area (TPSA) is 40.6 Å². The van der Waals surface area contributed by atoms with Gasteiger partial charge in [-0.2, -0.15) is 0 Å². The van der Waals surface area contributed by atoms with Crippen LogP contribution < -0.4 is 0 Å². The molecule has 1 heterocycles. The lowest BCUT2D eigenvalue weighted by molar-refractivity contribution is -0.179. The van der Waals surface area contributed by atoms with Gasteiger partial charge < -0.3 is 0 Å². The summed E-state index contributed by atoms with van der Waals surface area (Å²) in [4.78, 5) is 25.4. The summed E-state index contributed by atoms with van der Waals surface area (Å²) in [5.74, 6) is 3.22. The molecule has 0 spiro atoms. The second-order valence-corrected chi connectivity index (χ2v) is 8.86. The monoisotopic (exact) mass is 440 g/mol. The number of hydrogen-bond donors (Lipinski definition) is 0. The highest BCUT2D eigenvalue weighted by molar-refractivity contribution is 8.00. The molecule has 0 saturated carbocycles. The molecule has 0 bridgehead atoms. The van der Waals surface area contributed by atoms with Crippen LogP contribution in [-0.2, 0) is 21.8 Å². The van der Waals surface area contributed by atoms with Gasteiger partial charge in [-0.15, -0.1) is 24.1 Å². The minimum atomic E-state index is -0.220. The van der Waals surface area contributed by atoms with Gasteiger partial charge in [-0.1, -0.05) is 60.1 Å². The zero-order chi connectivity index (χ0) is 21.5. The van der Waals surface area contributed by atoms with Gasteiger partial charge in [-0.3, -0.25) is 9.59 Å². The summed E-state index contributed by atoms with van der Waals surface area (Å²) in [6, 6.07) is 17.4. The number of carbonyl (C=O) groups excluding carboxylic acids is 2. The van der Waals surface area contributed by atoms with Crippen molar-refractivity contribution in [1.82, 2.24) is 10.0 Å². The van der Waals surface area contributed by atoms with Crippen LogP contribution in [0.25, 0.3) is 0 Å². The van der Waals surface area contributed by atoms with Crippen molar-refractivity contribution >= 4 is 35.2 Å². The Balaban J connectivity index is 1.69. The number of hydrogen-bond acceptors (Lipinski definition) is 3. The third-order valence-electron chi connectivity index (χ3n) is 5.13. The number of benzene rings is 2. The Morgan fingerprint density at radius 3 is 2.60 bits per heavy atom. The Morgan fingerprint density at radius 2 is 1.97 bits per heavy atom. The minimum absolute atomic E-state index is 0.0315. The third kappa shape index (κ3) is 5.38. The third-order valence-corrected chi connectivity index (χ3v) is 6.75. The van der Waals surface area contributed by atoms with Gasteiger partial charge in [0.2, 0.25) is 5.91 Å². The lowest BCUT2D eigenvalue weighted by Crippen LogP contribution is -2.66. The number of carbonyl (C=O) groups is 2. The molecule has 6 heteroatoms. The molecule has 0 aliphatic carbocycles. The number of thioether (sulfide) groups is 1. The molecule has 2 unspecified atom stereocenters. The summed E-state index contributed by atoms with van der Waals surface area (Å²) < 4.78 is 0. The van der Waals surface area contributed by atoms with E-state index in [4.69, 9.17) is 18.0 Å². The van der Waals surface area contributed by atoms with Crippen molar-refractivity contribution < 1.29 is 9.59 Å². The van der Waals surface area contributed by atoms with Crippen molar-refractivity contribution in [2.45, 2.75) is 43.2 Å². The molecule has 0 aromatic heterocycles. The van der Waals surface area contributed by atoms with E-state index in [0.29, 0.717) is 30.8 Å². The summed E-state index contributed by atoms with van der Waals surface area (Å²) in [6.07, 6.45) is 7.15. The van der Waals surface area contributed by atoms with Gasteiger partial charge >= 0.3 is 0 Å². The summed E-state index contributed by atoms with van der Waals surface area (Å²) in [5.41, 5.74) is 2.12. The molecule has 2 aromatic rings. The zero-order valence-electron chi connectivity index (χ0n) is 17.0. The lowest BCUT2D eigenvalue weighted by atomic mass is 10.0. The Bertz CT molecular complexity index is 928. The predicted octanol–water partition coefficient (Wildman–Crippen LogP) is 4.57. The van der Waals surface area contributed by atoms with Crippen LogP contribution in [0.4, 0.5) is 0 Å². The van der Waals surface area contributed by atoms with Crippen molar-refractivity contribution in [3.8, 4) is 12.3 Å². The summed E-state index contributed by atoms with van der Waals surface area (Å²) in [7, 11) is 0. The van der Waals surface area contributed by atoms with Crippen molar-refractivity contribution in [3.63, 3.8) is 0 Å². The maximum Gasteiger partial charge on any atom is 0.256 e. The molecule has 1 saturated heterocycles. The van der Waals surface area contributed by atoms with Crippen LogP contribution in [0.3, 0.4) is 0 Å². The average molecular weight is 441 g/mol. The number of terminal acetylenes is 1. The quantitative estimate of drug-likeness (QED) is 0.423. The van der Waals surface area contributed by atoms with Crippen LogP contribution in [0.15, 0.2) is 54.6 Å². The van der Waals surface area contributed by atoms with Crippen LogP contribution in [0.1, 0.15) is 30.9 Å². The molecule has 2 atom stereocenters. The lowest BCUT2D eigenvalue weighted by Gasteiger charge is -2.47. The van der Waals surface area contributed by atoms with E-state index < -0.39 is 0 Å². The normalized spacial score (nSPS) is 16.5. The summed E-state index contributed by atoms with van der Waals surface area (Å²) >= 11 is 7.95. The number of rotatable bonds is 9. The second kappa shape index (κ2) is 10.6. The molecule has 1 fully saturated rings. The first-order valence-electron chi connectivity index (χ1n) is 9.94. The van der Waals surface area contributed by atoms with E-state index in [2.05, 4.69) is 18.1 Å². The molecular weight excluding hydrogens is 416 g/mol. The smallest absolute Gasteiger partial charge is 0.256 e. The van der Waals surface area contributed by atoms with Gasteiger partial charge in [0.05, 0.1) is 12.6 Å². The Hall–Kier alpha value is -2.42. The molecule has 1 aliphatic heterocycles.